The molecule has 0 aliphatic carbocycles. The molecular weight excluding hydrogens is 388 g/mol. The van der Waals surface area contributed by atoms with E-state index in [0.717, 1.165) is 10.4 Å². The first-order valence-corrected chi connectivity index (χ1v) is 8.90. The molecule has 0 saturated carbocycles. The lowest BCUT2D eigenvalue weighted by atomic mass is 10.1. The molecule has 0 atom stereocenters. The van der Waals surface area contributed by atoms with Gasteiger partial charge < -0.3 is 14.5 Å². The van der Waals surface area contributed by atoms with Gasteiger partial charge in [0.1, 0.15) is 10.9 Å². The molecule has 6 nitrogen and oxygen atoms in total. The van der Waals surface area contributed by atoms with E-state index in [9.17, 15) is 18.8 Å². The topological polar surface area (TPSA) is 88.0 Å². The van der Waals surface area contributed by atoms with Crippen molar-refractivity contribution in [1.82, 2.24) is 9.97 Å². The van der Waals surface area contributed by atoms with Gasteiger partial charge in [0.15, 0.2) is 17.3 Å². The van der Waals surface area contributed by atoms with Gasteiger partial charge in [0, 0.05) is 4.88 Å². The van der Waals surface area contributed by atoms with Crippen LogP contribution < -0.4 is 15.0 Å². The molecule has 0 bridgehead atoms. The lowest BCUT2D eigenvalue weighted by Crippen LogP contribution is -2.10. The summed E-state index contributed by atoms with van der Waals surface area (Å²) in [5.74, 6) is 0.0757. The normalized spacial score (nSPS) is 11.7. The number of alkyl halides is 2. The van der Waals surface area contributed by atoms with Crippen molar-refractivity contribution < 1.29 is 18.3 Å². The molecule has 9 heteroatoms. The van der Waals surface area contributed by atoms with E-state index in [-0.39, 0.29) is 28.5 Å². The molecule has 0 aliphatic rings. The zero-order chi connectivity index (χ0) is 20.4. The second-order valence-electron chi connectivity index (χ2n) is 5.84. The maximum Gasteiger partial charge on any atom is 0.387 e. The van der Waals surface area contributed by atoms with Crippen LogP contribution in [0.2, 0.25) is 0 Å². The molecule has 28 heavy (non-hydrogen) atoms. The van der Waals surface area contributed by atoms with E-state index in [0.29, 0.717) is 15.8 Å². The zero-order valence-corrected chi connectivity index (χ0v) is 16.0. The summed E-state index contributed by atoms with van der Waals surface area (Å²) in [5.41, 5.74) is 1.01. The standard InChI is InChI=1S/C19H15F2N3O3S/c1-9-10(2)28-18-15(9)17(25)23-16(24-18)12(8-22)6-11-4-5-13(26-3)14(7-11)27-19(20)21/h4-7,19H,1-3H3,(H,23,24,25)/b12-6+. The van der Waals surface area contributed by atoms with Crippen LogP contribution in [0.1, 0.15) is 21.8 Å². The summed E-state index contributed by atoms with van der Waals surface area (Å²) in [5, 5.41) is 10.0. The average molecular weight is 403 g/mol. The van der Waals surface area contributed by atoms with Crippen LogP contribution in [-0.4, -0.2) is 23.7 Å². The van der Waals surface area contributed by atoms with E-state index >= 15 is 0 Å². The monoisotopic (exact) mass is 403 g/mol. The Bertz CT molecular complexity index is 1180. The van der Waals surface area contributed by atoms with Crippen LogP contribution in [-0.2, 0) is 0 Å². The minimum absolute atomic E-state index is 0.0795. The molecule has 0 saturated heterocycles. The number of allylic oxidation sites excluding steroid dienone is 1. The minimum atomic E-state index is -3.02. The lowest BCUT2D eigenvalue weighted by Gasteiger charge is -2.10. The van der Waals surface area contributed by atoms with Gasteiger partial charge in [0.05, 0.1) is 18.1 Å². The number of nitriles is 1. The third kappa shape index (κ3) is 3.73. The Morgan fingerprint density at radius 2 is 2.11 bits per heavy atom. The molecule has 2 heterocycles. The van der Waals surface area contributed by atoms with Gasteiger partial charge in [-0.15, -0.1) is 11.3 Å². The molecule has 0 fully saturated rings. The highest BCUT2D eigenvalue weighted by Crippen LogP contribution is 2.31. The predicted octanol–water partition coefficient (Wildman–Crippen LogP) is 4.28. The smallest absolute Gasteiger partial charge is 0.387 e. The van der Waals surface area contributed by atoms with Crippen LogP contribution >= 0.6 is 11.3 Å². The van der Waals surface area contributed by atoms with Crippen molar-refractivity contribution in [2.75, 3.05) is 7.11 Å². The number of halogens is 2. The highest BCUT2D eigenvalue weighted by molar-refractivity contribution is 7.18. The largest absolute Gasteiger partial charge is 0.493 e. The van der Waals surface area contributed by atoms with Gasteiger partial charge in [0.25, 0.3) is 5.56 Å². The van der Waals surface area contributed by atoms with Crippen molar-refractivity contribution >= 4 is 33.2 Å². The van der Waals surface area contributed by atoms with Gasteiger partial charge in [-0.25, -0.2) is 4.98 Å². The van der Waals surface area contributed by atoms with E-state index < -0.39 is 6.61 Å². The predicted molar refractivity (Wildman–Crippen MR) is 103 cm³/mol. The number of methoxy groups -OCH3 is 1. The molecule has 144 valence electrons. The Balaban J connectivity index is 2.09. The Morgan fingerprint density at radius 1 is 1.36 bits per heavy atom. The van der Waals surface area contributed by atoms with Crippen molar-refractivity contribution in [2.45, 2.75) is 20.5 Å². The molecule has 0 aliphatic heterocycles. The number of aromatic amines is 1. The Labute approximate surface area is 162 Å². The van der Waals surface area contributed by atoms with Crippen LogP contribution in [0.25, 0.3) is 21.9 Å². The highest BCUT2D eigenvalue weighted by Gasteiger charge is 2.15. The van der Waals surface area contributed by atoms with Crippen molar-refractivity contribution in [1.29, 1.82) is 5.26 Å². The summed E-state index contributed by atoms with van der Waals surface area (Å²) in [4.78, 5) is 20.9. The number of hydrogen-bond donors (Lipinski definition) is 1. The second-order valence-corrected chi connectivity index (χ2v) is 7.04. The number of hydrogen-bond acceptors (Lipinski definition) is 6. The highest BCUT2D eigenvalue weighted by atomic mass is 32.1. The third-order valence-electron chi connectivity index (χ3n) is 4.13. The van der Waals surface area contributed by atoms with Gasteiger partial charge in [0.2, 0.25) is 0 Å². The molecule has 1 N–H and O–H groups in total. The van der Waals surface area contributed by atoms with E-state index in [1.54, 1.807) is 6.07 Å². The van der Waals surface area contributed by atoms with E-state index in [4.69, 9.17) is 4.74 Å². The number of rotatable bonds is 5. The number of thiophene rings is 1. The molecule has 3 aromatic rings. The first kappa shape index (κ1) is 19.5. The number of H-pyrrole nitrogens is 1. The van der Waals surface area contributed by atoms with E-state index in [1.165, 1.54) is 36.7 Å². The van der Waals surface area contributed by atoms with Crippen LogP contribution in [0, 0.1) is 25.2 Å². The van der Waals surface area contributed by atoms with Gasteiger partial charge in [-0.2, -0.15) is 14.0 Å². The summed E-state index contributed by atoms with van der Waals surface area (Å²) in [7, 11) is 1.33. The number of aryl methyl sites for hydroxylation is 2. The van der Waals surface area contributed by atoms with Crippen molar-refractivity contribution in [3.05, 3.63) is 50.4 Å². The van der Waals surface area contributed by atoms with Gasteiger partial charge in [-0.1, -0.05) is 6.07 Å². The van der Waals surface area contributed by atoms with Crippen molar-refractivity contribution in [3.63, 3.8) is 0 Å². The van der Waals surface area contributed by atoms with Crippen LogP contribution in [0.3, 0.4) is 0 Å². The number of aromatic nitrogens is 2. The number of nitrogens with zero attached hydrogens (tertiary/aromatic N) is 2. The molecule has 0 spiro atoms. The van der Waals surface area contributed by atoms with E-state index in [1.807, 2.05) is 19.9 Å². The number of ether oxygens (including phenoxy) is 2. The van der Waals surface area contributed by atoms with Crippen molar-refractivity contribution in [3.8, 4) is 17.6 Å². The van der Waals surface area contributed by atoms with Crippen LogP contribution in [0.4, 0.5) is 8.78 Å². The fourth-order valence-electron chi connectivity index (χ4n) is 2.67. The summed E-state index contributed by atoms with van der Waals surface area (Å²) >= 11 is 1.37. The average Bonchev–Trinajstić information content (AvgIpc) is 2.93. The fraction of sp³-hybridized carbons (Fsp3) is 0.211. The van der Waals surface area contributed by atoms with Crippen molar-refractivity contribution in [2.24, 2.45) is 0 Å². The van der Waals surface area contributed by atoms with Crippen LogP contribution in [0.15, 0.2) is 23.0 Å². The first-order chi connectivity index (χ1) is 13.3. The third-order valence-corrected chi connectivity index (χ3v) is 5.23. The second kappa shape index (κ2) is 7.78. The number of benzene rings is 1. The fourth-order valence-corrected chi connectivity index (χ4v) is 3.70. The summed E-state index contributed by atoms with van der Waals surface area (Å²) in [6.07, 6.45) is 1.43. The molecule has 3 rings (SSSR count). The SMILES string of the molecule is COc1ccc(/C=C(\C#N)c2nc3sc(C)c(C)c3c(=O)[nH]2)cc1OC(F)F. The lowest BCUT2D eigenvalue weighted by molar-refractivity contribution is -0.0512. The van der Waals surface area contributed by atoms with Gasteiger partial charge in [-0.05, 0) is 43.2 Å². The molecule has 1 aromatic carbocycles. The Kier molecular flexibility index (Phi) is 5.42. The van der Waals surface area contributed by atoms with E-state index in [2.05, 4.69) is 14.7 Å². The summed E-state index contributed by atoms with van der Waals surface area (Å²) in [6.45, 7) is 0.714. The number of fused-ring (bicyclic) bond motifs is 1. The van der Waals surface area contributed by atoms with Gasteiger partial charge in [-0.3, -0.25) is 4.79 Å². The Hall–Kier alpha value is -3.25. The molecule has 0 radical (unpaired) electrons. The molecule has 0 amide bonds. The minimum Gasteiger partial charge on any atom is -0.493 e. The maximum atomic E-state index is 12.6. The molecule has 0 unspecified atom stereocenters. The van der Waals surface area contributed by atoms with Gasteiger partial charge >= 0.3 is 6.61 Å². The van der Waals surface area contributed by atoms with Crippen LogP contribution in [0.5, 0.6) is 11.5 Å². The first-order valence-electron chi connectivity index (χ1n) is 8.09. The zero-order valence-electron chi connectivity index (χ0n) is 15.2. The Morgan fingerprint density at radius 3 is 2.75 bits per heavy atom. The summed E-state index contributed by atoms with van der Waals surface area (Å²) < 4.78 is 34.6. The quantitative estimate of drug-likeness (QED) is 0.643. The number of nitrogens with one attached hydrogen (secondary N) is 1. The molecular formula is C19H15F2N3O3S. The summed E-state index contributed by atoms with van der Waals surface area (Å²) in [6, 6.07) is 6.32. The maximum absolute atomic E-state index is 12.6. The molecule has 2 aromatic heterocycles.